The number of imide groups is 1. The number of amides is 3. The zero-order valence-electron chi connectivity index (χ0n) is 13.8. The van der Waals surface area contributed by atoms with E-state index in [0.717, 1.165) is 36.1 Å². The first-order valence-electron chi connectivity index (χ1n) is 8.34. The molecule has 1 aliphatic carbocycles. The Labute approximate surface area is 146 Å². The van der Waals surface area contributed by atoms with Gasteiger partial charge in [0.05, 0.1) is 11.8 Å². The zero-order chi connectivity index (χ0) is 17.4. The summed E-state index contributed by atoms with van der Waals surface area (Å²) in [4.78, 5) is 38.9. The summed E-state index contributed by atoms with van der Waals surface area (Å²) >= 11 is 5.97. The van der Waals surface area contributed by atoms with Gasteiger partial charge in [-0.3, -0.25) is 19.3 Å². The number of aryl methyl sites for hydroxylation is 1. The van der Waals surface area contributed by atoms with Gasteiger partial charge in [0.1, 0.15) is 6.04 Å². The summed E-state index contributed by atoms with van der Waals surface area (Å²) in [5.74, 6) is -1.25. The molecule has 0 radical (unpaired) electrons. The van der Waals surface area contributed by atoms with E-state index in [0.29, 0.717) is 10.7 Å². The third kappa shape index (κ3) is 2.93. The summed E-state index contributed by atoms with van der Waals surface area (Å²) in [6, 6.07) is 4.39. The van der Waals surface area contributed by atoms with E-state index < -0.39 is 6.04 Å². The second-order valence-electron chi connectivity index (χ2n) is 6.67. The lowest BCUT2D eigenvalue weighted by Gasteiger charge is -2.23. The maximum absolute atomic E-state index is 12.6. The zero-order valence-corrected chi connectivity index (χ0v) is 14.6. The smallest absolute Gasteiger partial charge is 0.247 e. The molecule has 128 valence electrons. The van der Waals surface area contributed by atoms with Crippen molar-refractivity contribution in [3.05, 3.63) is 28.8 Å². The predicted octanol–water partition coefficient (Wildman–Crippen LogP) is 3.15. The van der Waals surface area contributed by atoms with Crippen LogP contribution in [0.1, 0.15) is 38.2 Å². The number of hydrogen-bond donors (Lipinski definition) is 1. The van der Waals surface area contributed by atoms with Crippen LogP contribution in [-0.2, 0) is 14.4 Å². The van der Waals surface area contributed by atoms with Crippen LogP contribution in [0.3, 0.4) is 0 Å². The molecule has 3 atom stereocenters. The highest BCUT2D eigenvalue weighted by Crippen LogP contribution is 2.39. The summed E-state index contributed by atoms with van der Waals surface area (Å²) in [6.07, 6.45) is 3.42. The van der Waals surface area contributed by atoms with Crippen molar-refractivity contribution in [1.82, 2.24) is 4.90 Å². The Hall–Kier alpha value is -1.88. The number of nitrogens with one attached hydrogen (secondary N) is 1. The van der Waals surface area contributed by atoms with E-state index in [4.69, 9.17) is 11.6 Å². The molecule has 3 unspecified atom stereocenters. The summed E-state index contributed by atoms with van der Waals surface area (Å²) in [6.45, 7) is 3.46. The number of benzene rings is 1. The number of likely N-dealkylation sites (tertiary alicyclic amines) is 1. The van der Waals surface area contributed by atoms with Crippen molar-refractivity contribution in [3.8, 4) is 0 Å². The van der Waals surface area contributed by atoms with Crippen molar-refractivity contribution >= 4 is 35.0 Å². The molecule has 1 aromatic carbocycles. The molecule has 1 N–H and O–H groups in total. The molecule has 3 rings (SSSR count). The second-order valence-corrected chi connectivity index (χ2v) is 7.10. The first-order chi connectivity index (χ1) is 11.4. The average Bonchev–Trinajstić information content (AvgIpc) is 2.82. The molecule has 3 amide bonds. The van der Waals surface area contributed by atoms with Crippen molar-refractivity contribution in [1.29, 1.82) is 0 Å². The van der Waals surface area contributed by atoms with Gasteiger partial charge in [0.15, 0.2) is 0 Å². The van der Waals surface area contributed by atoms with E-state index in [1.54, 1.807) is 19.1 Å². The Kier molecular flexibility index (Phi) is 4.63. The molecule has 5 nitrogen and oxygen atoms in total. The minimum absolute atomic E-state index is 0.199. The van der Waals surface area contributed by atoms with Crippen LogP contribution in [0.4, 0.5) is 5.69 Å². The van der Waals surface area contributed by atoms with Crippen LogP contribution in [0, 0.1) is 18.8 Å². The molecule has 0 aromatic heterocycles. The molecule has 1 heterocycles. The molecule has 0 bridgehead atoms. The quantitative estimate of drug-likeness (QED) is 0.853. The van der Waals surface area contributed by atoms with Gasteiger partial charge in [-0.2, -0.15) is 0 Å². The standard InChI is InChI=1S/C18H21ClN2O3/c1-10-7-8-12(19)9-15(10)20-16(22)11(2)21-17(23)13-5-3-4-6-14(13)18(21)24/h7-9,11,13-14H,3-6H2,1-2H3,(H,20,22). The molecule has 6 heteroatoms. The van der Waals surface area contributed by atoms with Crippen LogP contribution in [0.25, 0.3) is 0 Å². The van der Waals surface area contributed by atoms with Gasteiger partial charge < -0.3 is 5.32 Å². The molecule has 1 aliphatic heterocycles. The fraction of sp³-hybridized carbons (Fsp3) is 0.500. The third-order valence-corrected chi connectivity index (χ3v) is 5.33. The molecular weight excluding hydrogens is 328 g/mol. The van der Waals surface area contributed by atoms with Crippen LogP contribution in [0.15, 0.2) is 18.2 Å². The minimum Gasteiger partial charge on any atom is -0.324 e. The average molecular weight is 349 g/mol. The van der Waals surface area contributed by atoms with Crippen molar-refractivity contribution in [3.63, 3.8) is 0 Å². The van der Waals surface area contributed by atoms with Gasteiger partial charge in [-0.15, -0.1) is 0 Å². The van der Waals surface area contributed by atoms with Crippen LogP contribution in [0.5, 0.6) is 0 Å². The second kappa shape index (κ2) is 6.55. The topological polar surface area (TPSA) is 66.5 Å². The van der Waals surface area contributed by atoms with Crippen molar-refractivity contribution in [2.45, 2.75) is 45.6 Å². The summed E-state index contributed by atoms with van der Waals surface area (Å²) in [5, 5.41) is 3.30. The number of carbonyl (C=O) groups is 3. The van der Waals surface area contributed by atoms with E-state index in [1.807, 2.05) is 13.0 Å². The first-order valence-corrected chi connectivity index (χ1v) is 8.72. The summed E-state index contributed by atoms with van der Waals surface area (Å²) < 4.78 is 0. The highest BCUT2D eigenvalue weighted by molar-refractivity contribution is 6.31. The normalized spacial score (nSPS) is 24.7. The molecule has 1 saturated carbocycles. The fourth-order valence-corrected chi connectivity index (χ4v) is 3.83. The molecule has 2 fully saturated rings. The maximum Gasteiger partial charge on any atom is 0.247 e. The Bertz CT molecular complexity index is 680. The predicted molar refractivity (Wildman–Crippen MR) is 91.6 cm³/mol. The number of carbonyl (C=O) groups excluding carboxylic acids is 3. The van der Waals surface area contributed by atoms with Crippen molar-refractivity contribution in [2.75, 3.05) is 5.32 Å². The summed E-state index contributed by atoms with van der Waals surface area (Å²) in [5.41, 5.74) is 1.46. The SMILES string of the molecule is Cc1ccc(Cl)cc1NC(=O)C(C)N1C(=O)C2CCCCC2C1=O. The Morgan fingerprint density at radius 3 is 2.38 bits per heavy atom. The largest absolute Gasteiger partial charge is 0.324 e. The van der Waals surface area contributed by atoms with Crippen LogP contribution < -0.4 is 5.32 Å². The number of anilines is 1. The Balaban J connectivity index is 1.77. The van der Waals surface area contributed by atoms with Crippen LogP contribution >= 0.6 is 11.6 Å². The lowest BCUT2D eigenvalue weighted by molar-refractivity contribution is -0.146. The molecule has 2 aliphatic rings. The highest BCUT2D eigenvalue weighted by Gasteiger charge is 2.50. The number of halogens is 1. The van der Waals surface area contributed by atoms with Crippen LogP contribution in [0.2, 0.25) is 5.02 Å². The van der Waals surface area contributed by atoms with E-state index >= 15 is 0 Å². The van der Waals surface area contributed by atoms with Gasteiger partial charge in [-0.25, -0.2) is 0 Å². The lowest BCUT2D eigenvalue weighted by Crippen LogP contribution is -2.46. The number of fused-ring (bicyclic) bond motifs is 1. The van der Waals surface area contributed by atoms with Gasteiger partial charge in [0, 0.05) is 10.7 Å². The molecule has 1 saturated heterocycles. The van der Waals surface area contributed by atoms with Gasteiger partial charge in [-0.05, 0) is 44.4 Å². The van der Waals surface area contributed by atoms with E-state index in [-0.39, 0.29) is 29.6 Å². The molecule has 1 aromatic rings. The van der Waals surface area contributed by atoms with E-state index in [1.165, 1.54) is 0 Å². The van der Waals surface area contributed by atoms with Crippen LogP contribution in [-0.4, -0.2) is 28.7 Å². The van der Waals surface area contributed by atoms with Gasteiger partial charge >= 0.3 is 0 Å². The number of hydrogen-bond acceptors (Lipinski definition) is 3. The number of rotatable bonds is 3. The third-order valence-electron chi connectivity index (χ3n) is 5.10. The van der Waals surface area contributed by atoms with Gasteiger partial charge in [0.2, 0.25) is 17.7 Å². The lowest BCUT2D eigenvalue weighted by atomic mass is 9.81. The Morgan fingerprint density at radius 1 is 1.21 bits per heavy atom. The summed E-state index contributed by atoms with van der Waals surface area (Å²) in [7, 11) is 0. The van der Waals surface area contributed by atoms with Crippen molar-refractivity contribution in [2.24, 2.45) is 11.8 Å². The van der Waals surface area contributed by atoms with E-state index in [2.05, 4.69) is 5.32 Å². The molecule has 0 spiro atoms. The fourth-order valence-electron chi connectivity index (χ4n) is 3.65. The maximum atomic E-state index is 12.6. The minimum atomic E-state index is -0.825. The number of nitrogens with zero attached hydrogens (tertiary/aromatic N) is 1. The highest BCUT2D eigenvalue weighted by atomic mass is 35.5. The molecule has 24 heavy (non-hydrogen) atoms. The van der Waals surface area contributed by atoms with Gasteiger partial charge in [0.25, 0.3) is 0 Å². The Morgan fingerprint density at radius 2 is 1.79 bits per heavy atom. The van der Waals surface area contributed by atoms with E-state index in [9.17, 15) is 14.4 Å². The first kappa shape index (κ1) is 17.0. The monoisotopic (exact) mass is 348 g/mol. The molecular formula is C18H21ClN2O3. The van der Waals surface area contributed by atoms with Gasteiger partial charge in [-0.1, -0.05) is 30.5 Å². The van der Waals surface area contributed by atoms with Crippen molar-refractivity contribution < 1.29 is 14.4 Å².